The molecule has 5 nitrogen and oxygen atoms in total. The Hall–Kier alpha value is -1.62. The van der Waals surface area contributed by atoms with Gasteiger partial charge in [0.25, 0.3) is 0 Å². The molecule has 0 amide bonds. The number of nitrogen functional groups attached to an aromatic ring is 1. The lowest BCUT2D eigenvalue weighted by Gasteiger charge is -2.15. The zero-order chi connectivity index (χ0) is 13.5. The standard InChI is InChI=1S/C12H16ClN5/c1-7-5-8(16-6-15-7)18-11(14)9(13)10(17-18)12(2,3)4/h5-6H,14H2,1-4H3. The van der Waals surface area contributed by atoms with Crippen molar-refractivity contribution in [2.45, 2.75) is 33.1 Å². The van der Waals surface area contributed by atoms with E-state index in [2.05, 4.69) is 15.1 Å². The Morgan fingerprint density at radius 3 is 2.44 bits per heavy atom. The number of halogens is 1. The van der Waals surface area contributed by atoms with Crippen molar-refractivity contribution in [3.63, 3.8) is 0 Å². The van der Waals surface area contributed by atoms with E-state index in [9.17, 15) is 0 Å². The van der Waals surface area contributed by atoms with Crippen molar-refractivity contribution in [3.05, 3.63) is 28.8 Å². The molecule has 0 saturated heterocycles. The van der Waals surface area contributed by atoms with Crippen molar-refractivity contribution < 1.29 is 0 Å². The summed E-state index contributed by atoms with van der Waals surface area (Å²) in [5, 5.41) is 4.95. The van der Waals surface area contributed by atoms with E-state index in [1.165, 1.54) is 6.33 Å². The molecule has 0 aliphatic carbocycles. The Labute approximate surface area is 111 Å². The molecule has 2 N–H and O–H groups in total. The molecule has 0 unspecified atom stereocenters. The Bertz CT molecular complexity index is 583. The molecule has 6 heteroatoms. The third kappa shape index (κ3) is 2.18. The zero-order valence-electron chi connectivity index (χ0n) is 10.9. The molecule has 18 heavy (non-hydrogen) atoms. The maximum atomic E-state index is 6.24. The van der Waals surface area contributed by atoms with E-state index < -0.39 is 0 Å². The monoisotopic (exact) mass is 265 g/mol. The quantitative estimate of drug-likeness (QED) is 0.860. The van der Waals surface area contributed by atoms with Crippen LogP contribution in [0.3, 0.4) is 0 Å². The predicted octanol–water partition coefficient (Wildman–Crippen LogP) is 2.50. The summed E-state index contributed by atoms with van der Waals surface area (Å²) in [6, 6.07) is 1.81. The Balaban J connectivity index is 2.60. The smallest absolute Gasteiger partial charge is 0.159 e. The van der Waals surface area contributed by atoms with Crippen LogP contribution in [0.2, 0.25) is 5.02 Å². The SMILES string of the molecule is Cc1cc(-n2nc(C(C)(C)C)c(Cl)c2N)ncn1. The largest absolute Gasteiger partial charge is 0.382 e. The van der Waals surface area contributed by atoms with Crippen molar-refractivity contribution in [1.82, 2.24) is 19.7 Å². The van der Waals surface area contributed by atoms with Crippen LogP contribution in [0, 0.1) is 6.92 Å². The summed E-state index contributed by atoms with van der Waals surface area (Å²) in [6.07, 6.45) is 1.48. The molecule has 0 atom stereocenters. The summed E-state index contributed by atoms with van der Waals surface area (Å²) in [7, 11) is 0. The zero-order valence-corrected chi connectivity index (χ0v) is 11.7. The molecule has 2 aromatic heterocycles. The van der Waals surface area contributed by atoms with E-state index in [1.54, 1.807) is 4.68 Å². The van der Waals surface area contributed by atoms with Gasteiger partial charge in [-0.2, -0.15) is 9.78 Å². The lowest BCUT2D eigenvalue weighted by Crippen LogP contribution is -2.13. The van der Waals surface area contributed by atoms with Gasteiger partial charge in [-0.3, -0.25) is 0 Å². The molecule has 0 fully saturated rings. The number of aromatic nitrogens is 4. The molecular formula is C12H16ClN5. The Morgan fingerprint density at radius 2 is 1.94 bits per heavy atom. The normalized spacial score (nSPS) is 11.8. The van der Waals surface area contributed by atoms with Gasteiger partial charge in [-0.25, -0.2) is 9.97 Å². The first-order valence-corrected chi connectivity index (χ1v) is 6.02. The molecule has 0 aliphatic rings. The molecule has 0 bridgehead atoms. The number of hydrogen-bond donors (Lipinski definition) is 1. The van der Waals surface area contributed by atoms with Gasteiger partial charge in [0.2, 0.25) is 0 Å². The van der Waals surface area contributed by atoms with E-state index in [1.807, 2.05) is 33.8 Å². The van der Waals surface area contributed by atoms with Gasteiger partial charge in [0.1, 0.15) is 17.2 Å². The summed E-state index contributed by atoms with van der Waals surface area (Å²) in [6.45, 7) is 8.00. The van der Waals surface area contributed by atoms with Crippen molar-refractivity contribution in [2.75, 3.05) is 5.73 Å². The number of nitrogens with two attached hydrogens (primary N) is 1. The van der Waals surface area contributed by atoms with E-state index in [-0.39, 0.29) is 5.41 Å². The van der Waals surface area contributed by atoms with Crippen LogP contribution in [0.1, 0.15) is 32.2 Å². The summed E-state index contributed by atoms with van der Waals surface area (Å²) in [5.74, 6) is 1.03. The lowest BCUT2D eigenvalue weighted by molar-refractivity contribution is 0.559. The number of aryl methyl sites for hydroxylation is 1. The first-order valence-electron chi connectivity index (χ1n) is 5.64. The molecule has 0 spiro atoms. The van der Waals surface area contributed by atoms with Crippen molar-refractivity contribution in [1.29, 1.82) is 0 Å². The fraction of sp³-hybridized carbons (Fsp3) is 0.417. The lowest BCUT2D eigenvalue weighted by atomic mass is 9.92. The third-order valence-corrected chi connectivity index (χ3v) is 2.95. The van der Waals surface area contributed by atoms with Gasteiger partial charge in [-0.15, -0.1) is 0 Å². The van der Waals surface area contributed by atoms with Crippen LogP contribution in [-0.2, 0) is 5.41 Å². The minimum absolute atomic E-state index is 0.168. The van der Waals surface area contributed by atoms with Crippen LogP contribution in [-0.4, -0.2) is 19.7 Å². The highest BCUT2D eigenvalue weighted by atomic mass is 35.5. The van der Waals surface area contributed by atoms with Gasteiger partial charge < -0.3 is 5.73 Å². The van der Waals surface area contributed by atoms with E-state index in [0.717, 1.165) is 11.4 Å². The molecule has 0 radical (unpaired) electrons. The Morgan fingerprint density at radius 1 is 1.28 bits per heavy atom. The van der Waals surface area contributed by atoms with Gasteiger partial charge in [0.15, 0.2) is 5.82 Å². The molecule has 0 aliphatic heterocycles. The maximum absolute atomic E-state index is 6.24. The van der Waals surface area contributed by atoms with Crippen LogP contribution in [0.5, 0.6) is 0 Å². The van der Waals surface area contributed by atoms with Gasteiger partial charge in [0.05, 0.1) is 5.69 Å². The molecule has 2 rings (SSSR count). The minimum atomic E-state index is -0.168. The van der Waals surface area contributed by atoms with E-state index in [4.69, 9.17) is 17.3 Å². The highest BCUT2D eigenvalue weighted by Gasteiger charge is 2.25. The Kier molecular flexibility index (Phi) is 3.02. The first-order chi connectivity index (χ1) is 8.30. The van der Waals surface area contributed by atoms with Crippen molar-refractivity contribution in [2.24, 2.45) is 0 Å². The van der Waals surface area contributed by atoms with Crippen LogP contribution >= 0.6 is 11.6 Å². The number of hydrogen-bond acceptors (Lipinski definition) is 4. The number of rotatable bonds is 1. The highest BCUT2D eigenvalue weighted by molar-refractivity contribution is 6.33. The van der Waals surface area contributed by atoms with Crippen LogP contribution in [0.15, 0.2) is 12.4 Å². The topological polar surface area (TPSA) is 69.6 Å². The molecule has 2 heterocycles. The van der Waals surface area contributed by atoms with Crippen LogP contribution < -0.4 is 5.73 Å². The summed E-state index contributed by atoms with van der Waals surface area (Å²) >= 11 is 6.24. The minimum Gasteiger partial charge on any atom is -0.382 e. The summed E-state index contributed by atoms with van der Waals surface area (Å²) in [4.78, 5) is 8.20. The average molecular weight is 266 g/mol. The molecule has 96 valence electrons. The average Bonchev–Trinajstić information content (AvgIpc) is 2.55. The molecule has 0 aromatic carbocycles. The van der Waals surface area contributed by atoms with Gasteiger partial charge in [-0.05, 0) is 6.92 Å². The van der Waals surface area contributed by atoms with Crippen molar-refractivity contribution in [3.8, 4) is 5.82 Å². The van der Waals surface area contributed by atoms with Gasteiger partial charge >= 0.3 is 0 Å². The van der Waals surface area contributed by atoms with E-state index in [0.29, 0.717) is 16.7 Å². The first kappa shape index (κ1) is 12.8. The highest BCUT2D eigenvalue weighted by Crippen LogP contribution is 2.33. The van der Waals surface area contributed by atoms with Crippen LogP contribution in [0.4, 0.5) is 5.82 Å². The number of nitrogens with zero attached hydrogens (tertiary/aromatic N) is 4. The fourth-order valence-corrected chi connectivity index (χ4v) is 2.02. The third-order valence-electron chi connectivity index (χ3n) is 2.58. The second-order valence-electron chi connectivity index (χ2n) is 5.23. The molecular weight excluding hydrogens is 250 g/mol. The van der Waals surface area contributed by atoms with Crippen LogP contribution in [0.25, 0.3) is 5.82 Å². The molecule has 0 saturated carbocycles. The number of anilines is 1. The second kappa shape index (κ2) is 4.24. The summed E-state index contributed by atoms with van der Waals surface area (Å²) in [5.41, 5.74) is 7.43. The molecule has 2 aromatic rings. The van der Waals surface area contributed by atoms with Gasteiger partial charge in [0, 0.05) is 17.2 Å². The maximum Gasteiger partial charge on any atom is 0.159 e. The second-order valence-corrected chi connectivity index (χ2v) is 5.61. The van der Waals surface area contributed by atoms with Crippen molar-refractivity contribution >= 4 is 17.4 Å². The summed E-state index contributed by atoms with van der Waals surface area (Å²) < 4.78 is 1.55. The fourth-order valence-electron chi connectivity index (χ4n) is 1.62. The predicted molar refractivity (Wildman–Crippen MR) is 72.0 cm³/mol. The van der Waals surface area contributed by atoms with E-state index >= 15 is 0 Å². The van der Waals surface area contributed by atoms with Gasteiger partial charge in [-0.1, -0.05) is 32.4 Å².